The lowest BCUT2D eigenvalue weighted by Crippen LogP contribution is -2.68. The zero-order chi connectivity index (χ0) is 28.1. The lowest BCUT2D eigenvalue weighted by atomic mass is 9.86. The van der Waals surface area contributed by atoms with Gasteiger partial charge in [0, 0.05) is 77.9 Å². The Morgan fingerprint density at radius 1 is 1.02 bits per heavy atom. The van der Waals surface area contributed by atoms with E-state index in [0.29, 0.717) is 35.4 Å². The third-order valence-electron chi connectivity index (χ3n) is 8.06. The number of H-pyrrole nitrogens is 1. The fraction of sp³-hybridized carbons (Fsp3) is 0.233. The molecule has 5 aromatic rings. The van der Waals surface area contributed by atoms with Gasteiger partial charge in [0.2, 0.25) is 0 Å². The molecule has 7 heterocycles. The highest BCUT2D eigenvalue weighted by atomic mass is 19.1. The van der Waals surface area contributed by atoms with Crippen molar-refractivity contribution in [3.63, 3.8) is 0 Å². The van der Waals surface area contributed by atoms with Crippen molar-refractivity contribution in [3.8, 4) is 40.3 Å². The van der Waals surface area contributed by atoms with Crippen LogP contribution in [0.3, 0.4) is 0 Å². The normalized spacial score (nSPS) is 18.2. The highest BCUT2D eigenvalue weighted by Gasteiger charge is 2.44. The van der Waals surface area contributed by atoms with E-state index >= 15 is 0 Å². The molecule has 3 saturated heterocycles. The van der Waals surface area contributed by atoms with Crippen molar-refractivity contribution in [2.24, 2.45) is 0 Å². The van der Waals surface area contributed by atoms with Crippen molar-refractivity contribution in [3.05, 3.63) is 78.1 Å². The molecule has 8 rings (SSSR count). The SMILES string of the molecule is N#CCn1cc(-c2cc3c(-c4ccc(N5CC6CC(C5)N6Cc5cc(F)ccc5O)nc4)c(C#N)cnc3[nH]2)cn1. The second kappa shape index (κ2) is 9.73. The third kappa shape index (κ3) is 4.33. The summed E-state index contributed by atoms with van der Waals surface area (Å²) in [6, 6.07) is 14.9. The summed E-state index contributed by atoms with van der Waals surface area (Å²) in [4.78, 5) is 17.1. The lowest BCUT2D eigenvalue weighted by Gasteiger charge is -2.56. The number of phenolic OH excluding ortho intramolecular Hbond substituents is 1. The van der Waals surface area contributed by atoms with Crippen molar-refractivity contribution < 1.29 is 9.50 Å². The highest BCUT2D eigenvalue weighted by molar-refractivity contribution is 5.98. The number of piperazine rings is 1. The van der Waals surface area contributed by atoms with Crippen LogP contribution in [-0.2, 0) is 13.1 Å². The van der Waals surface area contributed by atoms with Gasteiger partial charge in [0.1, 0.15) is 35.6 Å². The van der Waals surface area contributed by atoms with Gasteiger partial charge in [-0.3, -0.25) is 9.58 Å². The Labute approximate surface area is 234 Å². The number of aromatic nitrogens is 5. The van der Waals surface area contributed by atoms with E-state index in [2.05, 4.69) is 37.0 Å². The summed E-state index contributed by atoms with van der Waals surface area (Å²) < 4.78 is 15.3. The van der Waals surface area contributed by atoms with Crippen LogP contribution in [0.1, 0.15) is 17.5 Å². The number of benzene rings is 1. The Bertz CT molecular complexity index is 1850. The van der Waals surface area contributed by atoms with Gasteiger partial charge in [-0.2, -0.15) is 15.6 Å². The molecule has 3 fully saturated rings. The number of piperidine rings is 1. The smallest absolute Gasteiger partial charge is 0.138 e. The van der Waals surface area contributed by atoms with Crippen molar-refractivity contribution in [1.29, 1.82) is 10.5 Å². The summed E-state index contributed by atoms with van der Waals surface area (Å²) in [6.07, 6.45) is 7.91. The predicted octanol–water partition coefficient (Wildman–Crippen LogP) is 4.19. The topological polar surface area (TPSA) is 134 Å². The third-order valence-corrected chi connectivity index (χ3v) is 8.06. The van der Waals surface area contributed by atoms with Gasteiger partial charge in [-0.25, -0.2) is 14.4 Å². The Kier molecular flexibility index (Phi) is 5.88. The van der Waals surface area contributed by atoms with Crippen LogP contribution in [0.4, 0.5) is 10.2 Å². The number of pyridine rings is 2. The van der Waals surface area contributed by atoms with Gasteiger partial charge in [0.25, 0.3) is 0 Å². The van der Waals surface area contributed by atoms with E-state index in [1.807, 2.05) is 18.2 Å². The van der Waals surface area contributed by atoms with Crippen molar-refractivity contribution in [1.82, 2.24) is 29.6 Å². The summed E-state index contributed by atoms with van der Waals surface area (Å²) in [6.45, 7) is 2.27. The van der Waals surface area contributed by atoms with E-state index in [1.165, 1.54) is 18.2 Å². The molecular formula is C30H24FN9O. The van der Waals surface area contributed by atoms with Crippen LogP contribution >= 0.6 is 0 Å². The van der Waals surface area contributed by atoms with E-state index in [1.54, 1.807) is 29.5 Å². The molecular weight excluding hydrogens is 521 g/mol. The van der Waals surface area contributed by atoms with Gasteiger partial charge in [-0.15, -0.1) is 0 Å². The molecule has 202 valence electrons. The van der Waals surface area contributed by atoms with E-state index in [4.69, 9.17) is 10.2 Å². The van der Waals surface area contributed by atoms with Gasteiger partial charge in [0.05, 0.1) is 23.5 Å². The molecule has 3 aliphatic rings. The number of phenols is 1. The summed E-state index contributed by atoms with van der Waals surface area (Å²) in [5.41, 5.74) is 4.89. The molecule has 0 spiro atoms. The van der Waals surface area contributed by atoms with E-state index in [9.17, 15) is 14.8 Å². The van der Waals surface area contributed by atoms with Crippen LogP contribution in [0.2, 0.25) is 0 Å². The summed E-state index contributed by atoms with van der Waals surface area (Å²) in [5.74, 6) is 0.638. The molecule has 2 N–H and O–H groups in total. The highest BCUT2D eigenvalue weighted by Crippen LogP contribution is 2.38. The first-order chi connectivity index (χ1) is 20.0. The van der Waals surface area contributed by atoms with Crippen molar-refractivity contribution in [2.45, 2.75) is 31.6 Å². The molecule has 1 aromatic carbocycles. The van der Waals surface area contributed by atoms with Crippen molar-refractivity contribution in [2.75, 3.05) is 18.0 Å². The van der Waals surface area contributed by atoms with E-state index < -0.39 is 0 Å². The number of halogens is 1. The fourth-order valence-electron chi connectivity index (χ4n) is 6.02. The maximum Gasteiger partial charge on any atom is 0.138 e. The zero-order valence-electron chi connectivity index (χ0n) is 21.9. The second-order valence-electron chi connectivity index (χ2n) is 10.5. The number of fused-ring (bicyclic) bond motifs is 3. The number of nitriles is 2. The Balaban J connectivity index is 1.12. The first-order valence-electron chi connectivity index (χ1n) is 13.3. The Hall–Kier alpha value is -5.26. The van der Waals surface area contributed by atoms with Gasteiger partial charge in [-0.1, -0.05) is 0 Å². The van der Waals surface area contributed by atoms with Crippen LogP contribution in [0.25, 0.3) is 33.4 Å². The van der Waals surface area contributed by atoms with Crippen LogP contribution < -0.4 is 4.90 Å². The number of aromatic amines is 1. The minimum Gasteiger partial charge on any atom is -0.508 e. The van der Waals surface area contributed by atoms with Crippen LogP contribution in [0.15, 0.2) is 61.2 Å². The number of rotatable bonds is 6. The van der Waals surface area contributed by atoms with Gasteiger partial charge < -0.3 is 15.0 Å². The molecule has 0 amide bonds. The predicted molar refractivity (Wildman–Crippen MR) is 149 cm³/mol. The second-order valence-corrected chi connectivity index (χ2v) is 10.5. The quantitative estimate of drug-likeness (QED) is 0.324. The molecule has 10 nitrogen and oxygen atoms in total. The first kappa shape index (κ1) is 24.8. The molecule has 0 saturated carbocycles. The Morgan fingerprint density at radius 3 is 2.63 bits per heavy atom. The number of aromatic hydroxyl groups is 1. The van der Waals surface area contributed by atoms with Gasteiger partial charge in [-0.05, 0) is 42.8 Å². The van der Waals surface area contributed by atoms with Crippen LogP contribution in [0, 0.1) is 28.5 Å². The number of anilines is 1. The molecule has 0 aliphatic carbocycles. The molecule has 3 aliphatic heterocycles. The molecule has 2 atom stereocenters. The number of nitrogens with zero attached hydrogens (tertiary/aromatic N) is 8. The van der Waals surface area contributed by atoms with Crippen LogP contribution in [0.5, 0.6) is 5.75 Å². The minimum absolute atomic E-state index is 0.121. The average molecular weight is 546 g/mol. The summed E-state index contributed by atoms with van der Waals surface area (Å²) in [5, 5.41) is 34.0. The number of hydrogen-bond acceptors (Lipinski definition) is 8. The average Bonchev–Trinajstić information content (AvgIpc) is 3.64. The molecule has 0 radical (unpaired) electrons. The largest absolute Gasteiger partial charge is 0.508 e. The molecule has 11 heteroatoms. The molecule has 4 aromatic heterocycles. The van der Waals surface area contributed by atoms with E-state index in [0.717, 1.165) is 53.1 Å². The molecule has 2 bridgehead atoms. The van der Waals surface area contributed by atoms with Gasteiger partial charge >= 0.3 is 0 Å². The summed E-state index contributed by atoms with van der Waals surface area (Å²) >= 11 is 0. The van der Waals surface area contributed by atoms with Gasteiger partial charge in [0.15, 0.2) is 0 Å². The first-order valence-corrected chi connectivity index (χ1v) is 13.3. The lowest BCUT2D eigenvalue weighted by molar-refractivity contribution is -0.00921. The maximum absolute atomic E-state index is 13.7. The molecule has 2 unspecified atom stereocenters. The van der Waals surface area contributed by atoms with Crippen LogP contribution in [-0.4, -0.2) is 59.9 Å². The fourth-order valence-corrected chi connectivity index (χ4v) is 6.02. The minimum atomic E-state index is -0.344. The standard InChI is InChI=1S/C30H24FN9O/c31-22-2-3-27(41)19(7-22)15-40-23-8-24(40)17-38(16-23)28-4-1-18(11-34-28)29-20(10-33)12-35-30-25(29)9-26(37-30)21-13-36-39(14-21)6-5-32/h1-4,7,9,11-14,23-24,41H,6,8,15-17H2,(H,35,37). The Morgan fingerprint density at radius 2 is 1.88 bits per heavy atom. The zero-order valence-corrected chi connectivity index (χ0v) is 21.9. The molecule has 41 heavy (non-hydrogen) atoms. The number of hydrogen-bond donors (Lipinski definition) is 2. The van der Waals surface area contributed by atoms with E-state index in [-0.39, 0.29) is 18.1 Å². The number of nitrogens with one attached hydrogen (secondary N) is 1. The van der Waals surface area contributed by atoms with Crippen molar-refractivity contribution >= 4 is 16.9 Å². The summed E-state index contributed by atoms with van der Waals surface area (Å²) in [7, 11) is 0. The maximum atomic E-state index is 13.7. The monoisotopic (exact) mass is 545 g/mol.